The van der Waals surface area contributed by atoms with Gasteiger partial charge in [0.25, 0.3) is 5.56 Å². The molecule has 0 spiro atoms. The van der Waals surface area contributed by atoms with E-state index in [0.717, 1.165) is 50.7 Å². The molecule has 0 amide bonds. The molecule has 25 heavy (non-hydrogen) atoms. The second kappa shape index (κ2) is 10.9. The van der Waals surface area contributed by atoms with Crippen LogP contribution in [-0.4, -0.2) is 55.2 Å². The van der Waals surface area contributed by atoms with Crippen LogP contribution in [0.15, 0.2) is 28.0 Å². The maximum atomic E-state index is 11.8. The van der Waals surface area contributed by atoms with E-state index in [2.05, 4.69) is 20.5 Å². The first-order chi connectivity index (χ1) is 12.2. The van der Waals surface area contributed by atoms with E-state index in [0.29, 0.717) is 0 Å². The van der Waals surface area contributed by atoms with Crippen LogP contribution in [0, 0.1) is 6.92 Å². The SMILES string of the molecule is CN=C(NCCCCn1c(C)cccc1=O)NCCN1CCCCC1. The van der Waals surface area contributed by atoms with Gasteiger partial charge in [-0.2, -0.15) is 0 Å². The van der Waals surface area contributed by atoms with Gasteiger partial charge >= 0.3 is 0 Å². The Bertz CT molecular complexity index is 590. The number of hydrogen-bond acceptors (Lipinski definition) is 3. The van der Waals surface area contributed by atoms with Crippen LogP contribution < -0.4 is 16.2 Å². The van der Waals surface area contributed by atoms with Gasteiger partial charge in [0.05, 0.1) is 0 Å². The first-order valence-electron chi connectivity index (χ1n) is 9.54. The van der Waals surface area contributed by atoms with Crippen molar-refractivity contribution in [2.75, 3.05) is 39.8 Å². The molecule has 1 aromatic heterocycles. The Kier molecular flexibility index (Phi) is 8.52. The minimum Gasteiger partial charge on any atom is -0.356 e. The monoisotopic (exact) mass is 347 g/mol. The maximum absolute atomic E-state index is 11.8. The average molecular weight is 348 g/mol. The van der Waals surface area contributed by atoms with Gasteiger partial charge in [0, 0.05) is 45.0 Å². The lowest BCUT2D eigenvalue weighted by Gasteiger charge is -2.26. The number of guanidine groups is 1. The van der Waals surface area contributed by atoms with Gasteiger partial charge in [0.15, 0.2) is 5.96 Å². The van der Waals surface area contributed by atoms with Crippen LogP contribution in [0.25, 0.3) is 0 Å². The summed E-state index contributed by atoms with van der Waals surface area (Å²) in [6, 6.07) is 5.42. The number of piperidine rings is 1. The molecular weight excluding hydrogens is 314 g/mol. The molecule has 1 aromatic rings. The van der Waals surface area contributed by atoms with Crippen LogP contribution >= 0.6 is 0 Å². The minimum atomic E-state index is 0.0862. The van der Waals surface area contributed by atoms with Gasteiger partial charge in [-0.1, -0.05) is 12.5 Å². The average Bonchev–Trinajstić information content (AvgIpc) is 2.63. The molecule has 140 valence electrons. The van der Waals surface area contributed by atoms with Gasteiger partial charge in [-0.3, -0.25) is 9.79 Å². The van der Waals surface area contributed by atoms with E-state index < -0.39 is 0 Å². The van der Waals surface area contributed by atoms with Crippen molar-refractivity contribution >= 4 is 5.96 Å². The number of aryl methyl sites for hydroxylation is 1. The molecule has 1 aliphatic heterocycles. The predicted octanol–water partition coefficient (Wildman–Crippen LogP) is 1.59. The number of aromatic nitrogens is 1. The largest absolute Gasteiger partial charge is 0.356 e. The third kappa shape index (κ3) is 6.90. The van der Waals surface area contributed by atoms with Crippen molar-refractivity contribution in [2.45, 2.75) is 45.6 Å². The fraction of sp³-hybridized carbons (Fsp3) is 0.684. The first kappa shape index (κ1) is 19.5. The smallest absolute Gasteiger partial charge is 0.250 e. The summed E-state index contributed by atoms with van der Waals surface area (Å²) in [5, 5.41) is 6.74. The van der Waals surface area contributed by atoms with E-state index in [1.165, 1.54) is 32.4 Å². The van der Waals surface area contributed by atoms with Crippen molar-refractivity contribution in [3.63, 3.8) is 0 Å². The molecule has 0 saturated carbocycles. The standard InChI is InChI=1S/C19H33N5O/c1-17-9-8-10-18(25)24(17)15-7-4-11-21-19(20-2)22-12-16-23-13-5-3-6-14-23/h8-10H,3-7,11-16H2,1-2H3,(H2,20,21,22). The van der Waals surface area contributed by atoms with Crippen molar-refractivity contribution in [1.29, 1.82) is 0 Å². The summed E-state index contributed by atoms with van der Waals surface area (Å²) in [5.41, 5.74) is 1.11. The predicted molar refractivity (Wildman–Crippen MR) is 104 cm³/mol. The van der Waals surface area contributed by atoms with Gasteiger partial charge in [0.2, 0.25) is 0 Å². The summed E-state index contributed by atoms with van der Waals surface area (Å²) in [6.07, 6.45) is 6.02. The minimum absolute atomic E-state index is 0.0862. The number of nitrogens with zero attached hydrogens (tertiary/aromatic N) is 3. The Morgan fingerprint density at radius 1 is 1.08 bits per heavy atom. The Balaban J connectivity index is 1.58. The molecule has 2 heterocycles. The van der Waals surface area contributed by atoms with E-state index in [4.69, 9.17) is 0 Å². The highest BCUT2D eigenvalue weighted by atomic mass is 16.1. The van der Waals surface area contributed by atoms with Gasteiger partial charge in [-0.05, 0) is 51.8 Å². The van der Waals surface area contributed by atoms with Gasteiger partial charge in [-0.25, -0.2) is 0 Å². The van der Waals surface area contributed by atoms with Crippen molar-refractivity contribution < 1.29 is 0 Å². The fourth-order valence-corrected chi connectivity index (χ4v) is 3.25. The first-order valence-corrected chi connectivity index (χ1v) is 9.54. The van der Waals surface area contributed by atoms with E-state index in [-0.39, 0.29) is 5.56 Å². The van der Waals surface area contributed by atoms with Crippen LogP contribution in [-0.2, 0) is 6.54 Å². The van der Waals surface area contributed by atoms with E-state index in [9.17, 15) is 4.79 Å². The molecule has 0 unspecified atom stereocenters. The highest BCUT2D eigenvalue weighted by Gasteiger charge is 2.09. The van der Waals surface area contributed by atoms with Gasteiger partial charge in [-0.15, -0.1) is 0 Å². The maximum Gasteiger partial charge on any atom is 0.250 e. The normalized spacial score (nSPS) is 16.0. The van der Waals surface area contributed by atoms with Crippen molar-refractivity contribution in [3.8, 4) is 0 Å². The Morgan fingerprint density at radius 2 is 1.84 bits per heavy atom. The molecule has 6 nitrogen and oxygen atoms in total. The Hall–Kier alpha value is -1.82. The number of unbranched alkanes of at least 4 members (excludes halogenated alkanes) is 1. The van der Waals surface area contributed by atoms with E-state index in [1.807, 2.05) is 30.7 Å². The van der Waals surface area contributed by atoms with E-state index in [1.54, 1.807) is 6.07 Å². The number of aliphatic imine (C=N–C) groups is 1. The molecule has 1 fully saturated rings. The second-order valence-electron chi connectivity index (χ2n) is 6.69. The zero-order chi connectivity index (χ0) is 17.9. The molecule has 2 N–H and O–H groups in total. The van der Waals surface area contributed by atoms with Crippen LogP contribution in [0.3, 0.4) is 0 Å². The van der Waals surface area contributed by atoms with Gasteiger partial charge < -0.3 is 20.1 Å². The van der Waals surface area contributed by atoms with Crippen LogP contribution in [0.5, 0.6) is 0 Å². The molecule has 0 aromatic carbocycles. The third-order valence-corrected chi connectivity index (χ3v) is 4.76. The number of likely N-dealkylation sites (tertiary alicyclic amines) is 1. The summed E-state index contributed by atoms with van der Waals surface area (Å²) in [6.45, 7) is 8.08. The molecule has 0 aliphatic carbocycles. The zero-order valence-corrected chi connectivity index (χ0v) is 15.8. The second-order valence-corrected chi connectivity index (χ2v) is 6.69. The summed E-state index contributed by atoms with van der Waals surface area (Å²) >= 11 is 0. The molecule has 0 atom stereocenters. The van der Waals surface area contributed by atoms with Crippen LogP contribution in [0.2, 0.25) is 0 Å². The zero-order valence-electron chi connectivity index (χ0n) is 15.8. The lowest BCUT2D eigenvalue weighted by atomic mass is 10.1. The quantitative estimate of drug-likeness (QED) is 0.426. The molecule has 2 rings (SSSR count). The highest BCUT2D eigenvalue weighted by molar-refractivity contribution is 5.79. The fourth-order valence-electron chi connectivity index (χ4n) is 3.25. The van der Waals surface area contributed by atoms with E-state index >= 15 is 0 Å². The lowest BCUT2D eigenvalue weighted by Crippen LogP contribution is -2.42. The van der Waals surface area contributed by atoms with Crippen molar-refractivity contribution in [3.05, 3.63) is 34.2 Å². The lowest BCUT2D eigenvalue weighted by molar-refractivity contribution is 0.232. The molecule has 6 heteroatoms. The number of hydrogen-bond donors (Lipinski definition) is 2. The summed E-state index contributed by atoms with van der Waals surface area (Å²) < 4.78 is 1.84. The van der Waals surface area contributed by atoms with Crippen molar-refractivity contribution in [2.24, 2.45) is 4.99 Å². The molecular formula is C19H33N5O. The van der Waals surface area contributed by atoms with Gasteiger partial charge in [0.1, 0.15) is 0 Å². The Morgan fingerprint density at radius 3 is 2.56 bits per heavy atom. The number of pyridine rings is 1. The topological polar surface area (TPSA) is 61.7 Å². The van der Waals surface area contributed by atoms with Crippen LogP contribution in [0.1, 0.15) is 37.8 Å². The Labute approximate surface area is 151 Å². The highest BCUT2D eigenvalue weighted by Crippen LogP contribution is 2.07. The molecule has 1 saturated heterocycles. The summed E-state index contributed by atoms with van der Waals surface area (Å²) in [4.78, 5) is 18.6. The number of nitrogens with one attached hydrogen (secondary N) is 2. The number of rotatable bonds is 8. The van der Waals surface area contributed by atoms with Crippen LogP contribution in [0.4, 0.5) is 0 Å². The summed E-state index contributed by atoms with van der Waals surface area (Å²) in [5.74, 6) is 0.866. The van der Waals surface area contributed by atoms with Crippen molar-refractivity contribution in [1.82, 2.24) is 20.1 Å². The molecule has 1 aliphatic rings. The third-order valence-electron chi connectivity index (χ3n) is 4.76. The summed E-state index contributed by atoms with van der Waals surface area (Å²) in [7, 11) is 1.81. The molecule has 0 bridgehead atoms. The molecule has 0 radical (unpaired) electrons.